The highest BCUT2D eigenvalue weighted by Gasteiger charge is 2.29. The number of pyridine rings is 2. The van der Waals surface area contributed by atoms with Crippen LogP contribution in [0.15, 0.2) is 67.1 Å². The van der Waals surface area contributed by atoms with Crippen molar-refractivity contribution in [3.05, 3.63) is 95.2 Å². The summed E-state index contributed by atoms with van der Waals surface area (Å²) in [5.74, 6) is 0.0331. The Morgan fingerprint density at radius 1 is 1.06 bits per heavy atom. The molecule has 5 rings (SSSR count). The summed E-state index contributed by atoms with van der Waals surface area (Å²) < 4.78 is 0. The number of aromatic amines is 1. The van der Waals surface area contributed by atoms with Crippen molar-refractivity contribution in [2.45, 2.75) is 32.2 Å². The standard InChI is InChI=1S/C27H27N5O2/c1-18-7-8-22(26(33)30-17-19-4-3-12-28-16-19)25(31-18)21-10-14-32(15-11-21)27(34)23-6-2-5-20-9-13-29-24(20)23/h2-9,12-13,16,21,29H,10-11,14-15,17H2,1H3,(H,30,33). The fraction of sp³-hybridized carbons (Fsp3) is 0.259. The molecule has 0 aliphatic carbocycles. The van der Waals surface area contributed by atoms with E-state index in [0.29, 0.717) is 30.8 Å². The first-order chi connectivity index (χ1) is 16.6. The number of para-hydroxylation sites is 1. The number of nitrogens with one attached hydrogen (secondary N) is 2. The molecule has 1 aliphatic rings. The van der Waals surface area contributed by atoms with E-state index in [1.807, 2.05) is 66.6 Å². The molecule has 0 bridgehead atoms. The summed E-state index contributed by atoms with van der Waals surface area (Å²) in [6.45, 7) is 3.62. The molecule has 7 heteroatoms. The topological polar surface area (TPSA) is 91.0 Å². The third-order valence-electron chi connectivity index (χ3n) is 6.47. The molecule has 1 saturated heterocycles. The lowest BCUT2D eigenvalue weighted by molar-refractivity contribution is 0.0712. The van der Waals surface area contributed by atoms with Gasteiger partial charge in [0.1, 0.15) is 0 Å². The van der Waals surface area contributed by atoms with Gasteiger partial charge >= 0.3 is 0 Å². The van der Waals surface area contributed by atoms with Crippen LogP contribution >= 0.6 is 0 Å². The van der Waals surface area contributed by atoms with Crippen molar-refractivity contribution in [3.63, 3.8) is 0 Å². The zero-order valence-corrected chi connectivity index (χ0v) is 19.1. The minimum Gasteiger partial charge on any atom is -0.361 e. The predicted octanol–water partition coefficient (Wildman–Crippen LogP) is 4.22. The number of aryl methyl sites for hydroxylation is 1. The number of fused-ring (bicyclic) bond motifs is 1. The lowest BCUT2D eigenvalue weighted by Gasteiger charge is -2.32. The Kier molecular flexibility index (Phi) is 6.08. The number of benzene rings is 1. The fourth-order valence-electron chi connectivity index (χ4n) is 4.65. The lowest BCUT2D eigenvalue weighted by atomic mass is 9.89. The monoisotopic (exact) mass is 453 g/mol. The van der Waals surface area contributed by atoms with Crippen LogP contribution < -0.4 is 5.32 Å². The van der Waals surface area contributed by atoms with Crippen LogP contribution in [0.1, 0.15) is 56.4 Å². The molecule has 4 aromatic rings. The van der Waals surface area contributed by atoms with E-state index < -0.39 is 0 Å². The molecule has 7 nitrogen and oxygen atoms in total. The normalized spacial score (nSPS) is 14.3. The van der Waals surface area contributed by atoms with E-state index in [9.17, 15) is 9.59 Å². The molecule has 1 aromatic carbocycles. The van der Waals surface area contributed by atoms with Gasteiger partial charge in [0.25, 0.3) is 11.8 Å². The van der Waals surface area contributed by atoms with Gasteiger partial charge in [0.05, 0.1) is 22.3 Å². The van der Waals surface area contributed by atoms with Crippen LogP contribution in [-0.4, -0.2) is 44.8 Å². The van der Waals surface area contributed by atoms with Crippen LogP contribution in [0.2, 0.25) is 0 Å². The van der Waals surface area contributed by atoms with Crippen molar-refractivity contribution in [2.75, 3.05) is 13.1 Å². The lowest BCUT2D eigenvalue weighted by Crippen LogP contribution is -2.38. The van der Waals surface area contributed by atoms with Crippen LogP contribution in [0.25, 0.3) is 10.9 Å². The molecule has 0 unspecified atom stereocenters. The maximum Gasteiger partial charge on any atom is 0.255 e. The number of aromatic nitrogens is 3. The zero-order valence-electron chi connectivity index (χ0n) is 19.1. The van der Waals surface area contributed by atoms with E-state index >= 15 is 0 Å². The number of H-pyrrole nitrogens is 1. The summed E-state index contributed by atoms with van der Waals surface area (Å²) in [6, 6.07) is 15.3. The first-order valence-corrected chi connectivity index (χ1v) is 11.6. The minimum atomic E-state index is -0.136. The first kappa shape index (κ1) is 21.8. The van der Waals surface area contributed by atoms with Gasteiger partial charge in [-0.1, -0.05) is 18.2 Å². The number of rotatable bonds is 5. The largest absolute Gasteiger partial charge is 0.361 e. The second-order valence-electron chi connectivity index (χ2n) is 8.74. The maximum absolute atomic E-state index is 13.2. The van der Waals surface area contributed by atoms with Crippen LogP contribution in [0.4, 0.5) is 0 Å². The van der Waals surface area contributed by atoms with Crippen LogP contribution in [0.3, 0.4) is 0 Å². The van der Waals surface area contributed by atoms with Gasteiger partial charge < -0.3 is 15.2 Å². The van der Waals surface area contributed by atoms with Gasteiger partial charge in [-0.25, -0.2) is 0 Å². The number of hydrogen-bond donors (Lipinski definition) is 2. The Labute approximate surface area is 198 Å². The number of carbonyl (C=O) groups is 2. The van der Waals surface area contributed by atoms with Crippen molar-refractivity contribution in [1.29, 1.82) is 0 Å². The highest BCUT2D eigenvalue weighted by atomic mass is 16.2. The number of likely N-dealkylation sites (tertiary alicyclic amines) is 1. The summed E-state index contributed by atoms with van der Waals surface area (Å²) in [4.78, 5) is 40.2. The van der Waals surface area contributed by atoms with Gasteiger partial charge in [-0.15, -0.1) is 0 Å². The minimum absolute atomic E-state index is 0.0399. The quantitative estimate of drug-likeness (QED) is 0.473. The van der Waals surface area contributed by atoms with Crippen molar-refractivity contribution in [3.8, 4) is 0 Å². The van der Waals surface area contributed by atoms with Gasteiger partial charge in [0.2, 0.25) is 0 Å². The first-order valence-electron chi connectivity index (χ1n) is 11.6. The SMILES string of the molecule is Cc1ccc(C(=O)NCc2cccnc2)c(C2CCN(C(=O)c3cccc4cc[nH]c34)CC2)n1. The molecule has 4 heterocycles. The Balaban J connectivity index is 1.29. The molecule has 0 radical (unpaired) electrons. The molecule has 0 atom stereocenters. The molecule has 3 aromatic heterocycles. The summed E-state index contributed by atoms with van der Waals surface area (Å²) in [6.07, 6.45) is 6.85. The molecule has 1 aliphatic heterocycles. The van der Waals surface area contributed by atoms with Gasteiger partial charge in [0.15, 0.2) is 0 Å². The molecular weight excluding hydrogens is 426 g/mol. The highest BCUT2D eigenvalue weighted by molar-refractivity contribution is 6.05. The summed E-state index contributed by atoms with van der Waals surface area (Å²) in [5.41, 5.74) is 4.84. The summed E-state index contributed by atoms with van der Waals surface area (Å²) in [5, 5.41) is 4.02. The molecule has 172 valence electrons. The molecule has 2 amide bonds. The van der Waals surface area contributed by atoms with Crippen LogP contribution in [0, 0.1) is 6.92 Å². The van der Waals surface area contributed by atoms with E-state index in [2.05, 4.69) is 15.3 Å². The van der Waals surface area contributed by atoms with Crippen molar-refractivity contribution >= 4 is 22.7 Å². The van der Waals surface area contributed by atoms with Crippen molar-refractivity contribution in [2.24, 2.45) is 0 Å². The third kappa shape index (κ3) is 4.41. The van der Waals surface area contributed by atoms with E-state index in [4.69, 9.17) is 4.98 Å². The number of nitrogens with zero attached hydrogens (tertiary/aromatic N) is 3. The molecular formula is C27H27N5O2. The number of piperidine rings is 1. The Morgan fingerprint density at radius 3 is 2.71 bits per heavy atom. The zero-order chi connectivity index (χ0) is 23.5. The molecule has 34 heavy (non-hydrogen) atoms. The second kappa shape index (κ2) is 9.47. The van der Waals surface area contributed by atoms with Crippen LogP contribution in [-0.2, 0) is 6.54 Å². The molecule has 0 spiro atoms. The van der Waals surface area contributed by atoms with Crippen molar-refractivity contribution < 1.29 is 9.59 Å². The van der Waals surface area contributed by atoms with Crippen LogP contribution in [0.5, 0.6) is 0 Å². The molecule has 1 fully saturated rings. The average molecular weight is 454 g/mol. The van der Waals surface area contributed by atoms with E-state index in [1.54, 1.807) is 12.4 Å². The van der Waals surface area contributed by atoms with E-state index in [1.165, 1.54) is 0 Å². The Bertz CT molecular complexity index is 1320. The molecule has 2 N–H and O–H groups in total. The number of carbonyl (C=O) groups excluding carboxylic acids is 2. The van der Waals surface area contributed by atoms with Crippen molar-refractivity contribution in [1.82, 2.24) is 25.2 Å². The van der Waals surface area contributed by atoms with Gasteiger partial charge in [-0.05, 0) is 55.7 Å². The second-order valence-corrected chi connectivity index (χ2v) is 8.74. The maximum atomic E-state index is 13.2. The van der Waals surface area contributed by atoms with Gasteiger partial charge in [0, 0.05) is 55.2 Å². The average Bonchev–Trinajstić information content (AvgIpc) is 3.37. The van der Waals surface area contributed by atoms with Gasteiger partial charge in [-0.2, -0.15) is 0 Å². The third-order valence-corrected chi connectivity index (χ3v) is 6.47. The smallest absolute Gasteiger partial charge is 0.255 e. The number of amides is 2. The summed E-state index contributed by atoms with van der Waals surface area (Å²) >= 11 is 0. The van der Waals surface area contributed by atoms with E-state index in [0.717, 1.165) is 40.7 Å². The number of hydrogen-bond acceptors (Lipinski definition) is 4. The Hall–Kier alpha value is -4.00. The van der Waals surface area contributed by atoms with E-state index in [-0.39, 0.29) is 17.7 Å². The summed E-state index contributed by atoms with van der Waals surface area (Å²) in [7, 11) is 0. The van der Waals surface area contributed by atoms with Gasteiger partial charge in [-0.3, -0.25) is 19.6 Å². The fourth-order valence-corrected chi connectivity index (χ4v) is 4.65. The molecule has 0 saturated carbocycles. The predicted molar refractivity (Wildman–Crippen MR) is 131 cm³/mol. The highest BCUT2D eigenvalue weighted by Crippen LogP contribution is 2.31. The Morgan fingerprint density at radius 2 is 1.91 bits per heavy atom.